The molecule has 1 amide bonds. The number of nitrogens with one attached hydrogen (secondary N) is 2. The van der Waals surface area contributed by atoms with Crippen LogP contribution in [0, 0.1) is 27.7 Å². The van der Waals surface area contributed by atoms with Gasteiger partial charge in [0.1, 0.15) is 5.82 Å². The molecule has 0 spiro atoms. The summed E-state index contributed by atoms with van der Waals surface area (Å²) < 4.78 is 0. The maximum absolute atomic E-state index is 12.9. The molecule has 0 aliphatic rings. The van der Waals surface area contributed by atoms with Gasteiger partial charge in [-0.05, 0) is 52.3 Å². The number of hydrogen-bond acceptors (Lipinski definition) is 4. The Morgan fingerprint density at radius 1 is 1.17 bits per heavy atom. The molecule has 0 radical (unpaired) electrons. The Hall–Kier alpha value is -2.76. The highest BCUT2D eigenvalue weighted by Crippen LogP contribution is 2.24. The number of benzene rings is 1. The Kier molecular flexibility index (Phi) is 4.05. The summed E-state index contributed by atoms with van der Waals surface area (Å²) >= 11 is 0. The first-order chi connectivity index (χ1) is 11.4. The van der Waals surface area contributed by atoms with Crippen molar-refractivity contribution in [2.45, 2.75) is 40.7 Å². The number of aromatic nitrogens is 4. The predicted octanol–water partition coefficient (Wildman–Crippen LogP) is 3.08. The molecule has 0 saturated carbocycles. The molecule has 24 heavy (non-hydrogen) atoms. The van der Waals surface area contributed by atoms with Crippen molar-refractivity contribution < 1.29 is 4.79 Å². The van der Waals surface area contributed by atoms with Gasteiger partial charge in [0.2, 0.25) is 0 Å². The van der Waals surface area contributed by atoms with E-state index in [2.05, 4.69) is 25.5 Å². The average Bonchev–Trinajstić information content (AvgIpc) is 2.95. The minimum atomic E-state index is -0.282. The topological polar surface area (TPSA) is 83.6 Å². The first-order valence-electron chi connectivity index (χ1n) is 7.94. The largest absolute Gasteiger partial charge is 0.342 e. The quantitative estimate of drug-likeness (QED) is 0.776. The molecule has 6 nitrogen and oxygen atoms in total. The van der Waals surface area contributed by atoms with Crippen molar-refractivity contribution in [1.29, 1.82) is 0 Å². The molecule has 2 N–H and O–H groups in total. The third-order valence-electron chi connectivity index (χ3n) is 4.20. The maximum Gasteiger partial charge on any atom is 0.252 e. The summed E-state index contributed by atoms with van der Waals surface area (Å²) in [6, 6.07) is 5.68. The Morgan fingerprint density at radius 2 is 1.92 bits per heavy atom. The maximum atomic E-state index is 12.9. The summed E-state index contributed by atoms with van der Waals surface area (Å²) in [6.07, 6.45) is 0. The van der Waals surface area contributed by atoms with Gasteiger partial charge in [0, 0.05) is 11.1 Å². The Labute approximate surface area is 140 Å². The van der Waals surface area contributed by atoms with Crippen LogP contribution in [0.25, 0.3) is 10.9 Å². The van der Waals surface area contributed by atoms with Gasteiger partial charge >= 0.3 is 0 Å². The van der Waals surface area contributed by atoms with Crippen LogP contribution in [-0.2, 0) is 0 Å². The van der Waals surface area contributed by atoms with E-state index in [1.165, 1.54) is 0 Å². The third kappa shape index (κ3) is 2.87. The average molecular weight is 323 g/mol. The minimum absolute atomic E-state index is 0.136. The normalized spacial score (nSPS) is 12.4. The van der Waals surface area contributed by atoms with Crippen LogP contribution in [0.3, 0.4) is 0 Å². The number of aryl methyl sites for hydroxylation is 3. The van der Waals surface area contributed by atoms with E-state index < -0.39 is 0 Å². The fraction of sp³-hybridized carbons (Fsp3) is 0.333. The molecule has 0 saturated heterocycles. The monoisotopic (exact) mass is 323 g/mol. The number of carbonyl (C=O) groups excluding carboxylic acids is 1. The lowest BCUT2D eigenvalue weighted by molar-refractivity contribution is 0.0939. The Morgan fingerprint density at radius 3 is 2.58 bits per heavy atom. The fourth-order valence-electron chi connectivity index (χ4n) is 2.77. The fourth-order valence-corrected chi connectivity index (χ4v) is 2.77. The molecule has 6 heteroatoms. The van der Waals surface area contributed by atoms with E-state index in [1.807, 2.05) is 52.8 Å². The molecule has 3 aromatic rings. The standard InChI is InChI=1S/C18H21N5O/c1-9-6-7-15-14(8-9)16(10(2)11(3)19-15)18(24)20-12(4)17-21-13(5)22-23-17/h6-8,12H,1-5H3,(H,20,24)(H,21,22,23). The van der Waals surface area contributed by atoms with Crippen LogP contribution in [0.15, 0.2) is 18.2 Å². The minimum Gasteiger partial charge on any atom is -0.342 e. The van der Waals surface area contributed by atoms with Crippen LogP contribution in [0.5, 0.6) is 0 Å². The summed E-state index contributed by atoms with van der Waals surface area (Å²) in [5.41, 5.74) is 4.34. The molecule has 0 bridgehead atoms. The van der Waals surface area contributed by atoms with Crippen molar-refractivity contribution in [2.75, 3.05) is 0 Å². The van der Waals surface area contributed by atoms with Crippen LogP contribution in [0.1, 0.15) is 51.8 Å². The predicted molar refractivity (Wildman–Crippen MR) is 93.0 cm³/mol. The summed E-state index contributed by atoms with van der Waals surface area (Å²) in [5, 5.41) is 10.8. The summed E-state index contributed by atoms with van der Waals surface area (Å²) in [7, 11) is 0. The second kappa shape index (κ2) is 6.03. The van der Waals surface area contributed by atoms with Crippen LogP contribution in [0.4, 0.5) is 0 Å². The molecule has 124 valence electrons. The summed E-state index contributed by atoms with van der Waals surface area (Å²) in [4.78, 5) is 21.8. The second-order valence-electron chi connectivity index (χ2n) is 6.19. The number of H-pyrrole nitrogens is 1. The van der Waals surface area contributed by atoms with Gasteiger partial charge in [0.25, 0.3) is 5.91 Å². The van der Waals surface area contributed by atoms with E-state index in [0.717, 1.165) is 33.5 Å². The molecule has 2 heterocycles. The van der Waals surface area contributed by atoms with Crippen LogP contribution < -0.4 is 5.32 Å². The van der Waals surface area contributed by atoms with Gasteiger partial charge in [0.15, 0.2) is 5.82 Å². The zero-order valence-electron chi connectivity index (χ0n) is 14.6. The van der Waals surface area contributed by atoms with E-state index in [0.29, 0.717) is 11.4 Å². The number of carbonyl (C=O) groups is 1. The van der Waals surface area contributed by atoms with E-state index >= 15 is 0 Å². The number of hydrogen-bond donors (Lipinski definition) is 2. The van der Waals surface area contributed by atoms with Gasteiger partial charge in [-0.25, -0.2) is 4.98 Å². The summed E-state index contributed by atoms with van der Waals surface area (Å²) in [5.74, 6) is 1.16. The lowest BCUT2D eigenvalue weighted by atomic mass is 9.99. The third-order valence-corrected chi connectivity index (χ3v) is 4.20. The van der Waals surface area contributed by atoms with Gasteiger partial charge in [-0.1, -0.05) is 11.6 Å². The Balaban J connectivity index is 2.02. The number of amides is 1. The first-order valence-corrected chi connectivity index (χ1v) is 7.94. The van der Waals surface area contributed by atoms with E-state index in [4.69, 9.17) is 0 Å². The lowest BCUT2D eigenvalue weighted by Crippen LogP contribution is -2.28. The molecule has 3 rings (SSSR count). The first kappa shape index (κ1) is 16.1. The van der Waals surface area contributed by atoms with E-state index in [1.54, 1.807) is 0 Å². The molecule has 1 atom stereocenters. The van der Waals surface area contributed by atoms with Gasteiger partial charge < -0.3 is 5.32 Å². The molecule has 0 aliphatic heterocycles. The Bertz CT molecular complexity index is 929. The van der Waals surface area contributed by atoms with Crippen LogP contribution in [0.2, 0.25) is 0 Å². The molecule has 1 unspecified atom stereocenters. The molecular weight excluding hydrogens is 302 g/mol. The molecule has 0 aliphatic carbocycles. The van der Waals surface area contributed by atoms with E-state index in [9.17, 15) is 4.79 Å². The van der Waals surface area contributed by atoms with Crippen LogP contribution >= 0.6 is 0 Å². The van der Waals surface area contributed by atoms with E-state index in [-0.39, 0.29) is 11.9 Å². The number of pyridine rings is 1. The number of aromatic amines is 1. The van der Waals surface area contributed by atoms with Gasteiger partial charge in [-0.3, -0.25) is 14.9 Å². The number of fused-ring (bicyclic) bond motifs is 1. The summed E-state index contributed by atoms with van der Waals surface area (Å²) in [6.45, 7) is 9.57. The highest BCUT2D eigenvalue weighted by atomic mass is 16.1. The SMILES string of the molecule is Cc1ccc2nc(C)c(C)c(C(=O)NC(C)c3n[nH]c(C)n3)c2c1. The molecular formula is C18H21N5O. The smallest absolute Gasteiger partial charge is 0.252 e. The number of rotatable bonds is 3. The van der Waals surface area contributed by atoms with Crippen molar-refractivity contribution in [1.82, 2.24) is 25.5 Å². The van der Waals surface area contributed by atoms with Crippen molar-refractivity contribution in [2.24, 2.45) is 0 Å². The van der Waals surface area contributed by atoms with Crippen molar-refractivity contribution in [3.05, 3.63) is 52.2 Å². The number of nitrogens with zero attached hydrogens (tertiary/aromatic N) is 3. The highest BCUT2D eigenvalue weighted by molar-refractivity contribution is 6.07. The lowest BCUT2D eigenvalue weighted by Gasteiger charge is -2.15. The highest BCUT2D eigenvalue weighted by Gasteiger charge is 2.20. The zero-order valence-corrected chi connectivity index (χ0v) is 14.6. The molecule has 1 aromatic carbocycles. The van der Waals surface area contributed by atoms with Crippen molar-refractivity contribution >= 4 is 16.8 Å². The van der Waals surface area contributed by atoms with Gasteiger partial charge in [-0.2, -0.15) is 5.10 Å². The zero-order chi connectivity index (χ0) is 17.4. The van der Waals surface area contributed by atoms with Crippen molar-refractivity contribution in [3.63, 3.8) is 0 Å². The second-order valence-corrected chi connectivity index (χ2v) is 6.19. The molecule has 0 fully saturated rings. The van der Waals surface area contributed by atoms with Crippen LogP contribution in [-0.4, -0.2) is 26.1 Å². The van der Waals surface area contributed by atoms with Crippen molar-refractivity contribution in [3.8, 4) is 0 Å². The van der Waals surface area contributed by atoms with Gasteiger partial charge in [0.05, 0.1) is 17.1 Å². The molecule has 2 aromatic heterocycles. The van der Waals surface area contributed by atoms with Gasteiger partial charge in [-0.15, -0.1) is 0 Å².